The Bertz CT molecular complexity index is 405. The highest BCUT2D eigenvalue weighted by Gasteiger charge is 2.40. The van der Waals surface area contributed by atoms with Crippen LogP contribution in [0.5, 0.6) is 0 Å². The first-order chi connectivity index (χ1) is 7.48. The number of aromatic nitrogens is 2. The van der Waals surface area contributed by atoms with Crippen molar-refractivity contribution in [3.8, 4) is 0 Å². The Morgan fingerprint density at radius 1 is 1.56 bits per heavy atom. The topological polar surface area (TPSA) is 68.0 Å². The van der Waals surface area contributed by atoms with Crippen LogP contribution in [0, 0.1) is 6.92 Å². The number of carbonyl (C=O) groups is 1. The molecule has 1 aliphatic rings. The van der Waals surface area contributed by atoms with E-state index in [1.165, 1.54) is 0 Å². The minimum atomic E-state index is -2.67. The van der Waals surface area contributed by atoms with Crippen molar-refractivity contribution in [1.82, 2.24) is 15.6 Å². The lowest BCUT2D eigenvalue weighted by Gasteiger charge is -2.11. The number of hydrogen-bond donors (Lipinski definition) is 1. The van der Waals surface area contributed by atoms with E-state index in [9.17, 15) is 13.6 Å². The fourth-order valence-electron chi connectivity index (χ4n) is 1.76. The summed E-state index contributed by atoms with van der Waals surface area (Å²) in [6.07, 6.45) is -0.222. The van der Waals surface area contributed by atoms with E-state index in [0.29, 0.717) is 5.69 Å². The predicted octanol–water partition coefficient (Wildman–Crippen LogP) is 1.30. The third-order valence-corrected chi connectivity index (χ3v) is 2.61. The van der Waals surface area contributed by atoms with E-state index in [4.69, 9.17) is 0 Å². The molecule has 1 aromatic rings. The predicted molar refractivity (Wildman–Crippen MR) is 49.1 cm³/mol. The van der Waals surface area contributed by atoms with Crippen LogP contribution >= 0.6 is 0 Å². The average Bonchev–Trinajstić information content (AvgIpc) is 2.72. The van der Waals surface area contributed by atoms with Crippen molar-refractivity contribution in [2.75, 3.05) is 0 Å². The number of nitrogens with zero attached hydrogens (tertiary/aromatic N) is 2. The van der Waals surface area contributed by atoms with Gasteiger partial charge in [-0.05, 0) is 18.5 Å². The van der Waals surface area contributed by atoms with Crippen molar-refractivity contribution in [2.45, 2.75) is 38.2 Å². The number of carbonyl (C=O) groups excluding carboxylic acids is 1. The second-order valence-electron chi connectivity index (χ2n) is 3.97. The summed E-state index contributed by atoms with van der Waals surface area (Å²) in [7, 11) is 0. The van der Waals surface area contributed by atoms with Crippen LogP contribution in [0.1, 0.15) is 35.4 Å². The Kier molecular flexibility index (Phi) is 2.61. The van der Waals surface area contributed by atoms with Gasteiger partial charge in [-0.2, -0.15) is 0 Å². The summed E-state index contributed by atoms with van der Waals surface area (Å²) >= 11 is 0. The Morgan fingerprint density at radius 3 is 2.81 bits per heavy atom. The lowest BCUT2D eigenvalue weighted by Crippen LogP contribution is -2.34. The number of alkyl halides is 2. The first-order valence-corrected chi connectivity index (χ1v) is 4.96. The smallest absolute Gasteiger partial charge is 0.275 e. The van der Waals surface area contributed by atoms with Crippen molar-refractivity contribution in [1.29, 1.82) is 0 Å². The van der Waals surface area contributed by atoms with Crippen LogP contribution in [0.4, 0.5) is 8.78 Å². The van der Waals surface area contributed by atoms with E-state index in [-0.39, 0.29) is 25.0 Å². The molecule has 1 fully saturated rings. The molecule has 1 N–H and O–H groups in total. The van der Waals surface area contributed by atoms with Gasteiger partial charge in [0.2, 0.25) is 5.92 Å². The molecule has 2 rings (SSSR count). The molecule has 0 aromatic carbocycles. The average molecular weight is 231 g/mol. The molecule has 0 radical (unpaired) electrons. The van der Waals surface area contributed by atoms with Gasteiger partial charge in [0.05, 0.1) is 0 Å². The summed E-state index contributed by atoms with van der Waals surface area (Å²) < 4.78 is 30.1. The maximum atomic E-state index is 12.9. The van der Waals surface area contributed by atoms with E-state index in [2.05, 4.69) is 20.3 Å². The molecule has 0 aliphatic heterocycles. The molecule has 1 aromatic heterocycles. The Labute approximate surface area is 90.2 Å². The largest absolute Gasteiger partial charge is 0.348 e. The van der Waals surface area contributed by atoms with Crippen LogP contribution in [0.15, 0.2) is 4.63 Å². The summed E-state index contributed by atoms with van der Waals surface area (Å²) in [5.41, 5.74) is 0.400. The summed E-state index contributed by atoms with van der Waals surface area (Å²) in [4.78, 5) is 11.6. The van der Waals surface area contributed by atoms with Crippen LogP contribution < -0.4 is 5.32 Å². The Balaban J connectivity index is 1.97. The summed E-state index contributed by atoms with van der Waals surface area (Å²) in [5, 5.41) is 9.35. The second kappa shape index (κ2) is 3.80. The van der Waals surface area contributed by atoms with Gasteiger partial charge in [-0.3, -0.25) is 4.79 Å². The third kappa shape index (κ3) is 2.17. The molecule has 1 atom stereocenters. The zero-order valence-corrected chi connectivity index (χ0v) is 8.67. The second-order valence-corrected chi connectivity index (χ2v) is 3.97. The SMILES string of the molecule is Cc1nonc1C(=O)N[C@@H]1CCC(F)(F)C1. The monoisotopic (exact) mass is 231 g/mol. The highest BCUT2D eigenvalue weighted by molar-refractivity contribution is 5.93. The van der Waals surface area contributed by atoms with Gasteiger partial charge in [0, 0.05) is 18.9 Å². The first-order valence-electron chi connectivity index (χ1n) is 4.96. The number of hydrogen-bond acceptors (Lipinski definition) is 4. The van der Waals surface area contributed by atoms with Crippen molar-refractivity contribution >= 4 is 5.91 Å². The minimum Gasteiger partial charge on any atom is -0.348 e. The molecule has 5 nitrogen and oxygen atoms in total. The normalized spacial score (nSPS) is 23.3. The fraction of sp³-hybridized carbons (Fsp3) is 0.667. The third-order valence-electron chi connectivity index (χ3n) is 2.61. The molecular weight excluding hydrogens is 220 g/mol. The van der Waals surface area contributed by atoms with Crippen molar-refractivity contribution < 1.29 is 18.2 Å². The van der Waals surface area contributed by atoms with E-state index >= 15 is 0 Å². The van der Waals surface area contributed by atoms with Gasteiger partial charge in [0.25, 0.3) is 5.91 Å². The number of nitrogens with one attached hydrogen (secondary N) is 1. The maximum absolute atomic E-state index is 12.9. The molecule has 1 heterocycles. The quantitative estimate of drug-likeness (QED) is 0.832. The van der Waals surface area contributed by atoms with Crippen molar-refractivity contribution in [3.05, 3.63) is 11.4 Å². The van der Waals surface area contributed by atoms with Gasteiger partial charge in [0.1, 0.15) is 5.69 Å². The van der Waals surface area contributed by atoms with Crippen LogP contribution in [0.2, 0.25) is 0 Å². The Hall–Kier alpha value is -1.53. The molecule has 0 spiro atoms. The van der Waals surface area contributed by atoms with Gasteiger partial charge in [-0.1, -0.05) is 5.16 Å². The van der Waals surface area contributed by atoms with Gasteiger partial charge in [0.15, 0.2) is 5.69 Å². The standard InChI is InChI=1S/C9H11F2N3O2/c1-5-7(14-16-13-5)8(15)12-6-2-3-9(10,11)4-6/h6H,2-4H2,1H3,(H,12,15)/t6-/m1/s1. The number of rotatable bonds is 2. The minimum absolute atomic E-state index is 0.0511. The van der Waals surface area contributed by atoms with Crippen molar-refractivity contribution in [3.63, 3.8) is 0 Å². The molecule has 7 heteroatoms. The highest BCUT2D eigenvalue weighted by Crippen LogP contribution is 2.34. The zero-order chi connectivity index (χ0) is 11.8. The fourth-order valence-corrected chi connectivity index (χ4v) is 1.76. The summed E-state index contributed by atoms with van der Waals surface area (Å²) in [6, 6.07) is -0.501. The highest BCUT2D eigenvalue weighted by atomic mass is 19.3. The van der Waals surface area contributed by atoms with E-state index in [1.807, 2.05) is 0 Å². The van der Waals surface area contributed by atoms with E-state index in [0.717, 1.165) is 0 Å². The maximum Gasteiger partial charge on any atom is 0.275 e. The van der Waals surface area contributed by atoms with Crippen LogP contribution in [0.25, 0.3) is 0 Å². The Morgan fingerprint density at radius 2 is 2.31 bits per heavy atom. The zero-order valence-electron chi connectivity index (χ0n) is 8.67. The lowest BCUT2D eigenvalue weighted by atomic mass is 10.2. The van der Waals surface area contributed by atoms with Gasteiger partial charge < -0.3 is 5.32 Å². The van der Waals surface area contributed by atoms with Crippen molar-refractivity contribution in [2.24, 2.45) is 0 Å². The number of aryl methyl sites for hydroxylation is 1. The molecule has 0 saturated heterocycles. The summed E-state index contributed by atoms with van der Waals surface area (Å²) in [6.45, 7) is 1.56. The first kappa shape index (κ1) is 11.0. The van der Waals surface area contributed by atoms with Gasteiger partial charge in [-0.25, -0.2) is 13.4 Å². The molecule has 1 saturated carbocycles. The van der Waals surface area contributed by atoms with E-state index < -0.39 is 17.9 Å². The molecule has 1 aliphatic carbocycles. The van der Waals surface area contributed by atoms with Crippen LogP contribution in [-0.4, -0.2) is 28.2 Å². The molecule has 16 heavy (non-hydrogen) atoms. The molecular formula is C9H11F2N3O2. The molecule has 0 bridgehead atoms. The number of halogens is 2. The van der Waals surface area contributed by atoms with Gasteiger partial charge in [-0.15, -0.1) is 0 Å². The molecule has 88 valence electrons. The molecule has 1 amide bonds. The lowest BCUT2D eigenvalue weighted by molar-refractivity contribution is 0.00710. The van der Waals surface area contributed by atoms with Gasteiger partial charge >= 0.3 is 0 Å². The number of amides is 1. The molecule has 0 unspecified atom stereocenters. The summed E-state index contributed by atoms with van der Waals surface area (Å²) in [5.74, 6) is -3.18. The van der Waals surface area contributed by atoms with Crippen LogP contribution in [-0.2, 0) is 0 Å². The van der Waals surface area contributed by atoms with Crippen LogP contribution in [0.3, 0.4) is 0 Å². The van der Waals surface area contributed by atoms with E-state index in [1.54, 1.807) is 6.92 Å².